The van der Waals surface area contributed by atoms with Gasteiger partial charge < -0.3 is 20.3 Å². The van der Waals surface area contributed by atoms with E-state index in [0.29, 0.717) is 41.0 Å². The van der Waals surface area contributed by atoms with E-state index < -0.39 is 11.5 Å². The van der Waals surface area contributed by atoms with Crippen molar-refractivity contribution < 1.29 is 19.5 Å². The molecule has 5 aromatic rings. The Morgan fingerprint density at radius 3 is 2.39 bits per heavy atom. The second-order valence-corrected chi connectivity index (χ2v) is 12.0. The summed E-state index contributed by atoms with van der Waals surface area (Å²) in [5.41, 5.74) is 4.01. The van der Waals surface area contributed by atoms with Gasteiger partial charge in [0.15, 0.2) is 0 Å². The minimum atomic E-state index is -1.12. The van der Waals surface area contributed by atoms with Gasteiger partial charge in [0, 0.05) is 29.6 Å². The summed E-state index contributed by atoms with van der Waals surface area (Å²) < 4.78 is 3.52. The van der Waals surface area contributed by atoms with Crippen LogP contribution in [0.2, 0.25) is 0 Å². The number of rotatable bonds is 7. The summed E-state index contributed by atoms with van der Waals surface area (Å²) in [4.78, 5) is 42.8. The standard InChI is InChI=1S/C34H34N6O4/c1-39-28-20-23(14-16-26(28)36-30(39)32(42)43)35-33(44)34(17-8-18-34)37-31(41)22-13-15-25-27(19-22)38-40(24-11-6-3-7-12-24)29(25)21-9-4-2-5-10-21/h3,6-7,11-16,19-21H,2,4-5,8-10,17-18H2,1H3,(H,35,44)(H,37,41)(H,42,43). The Kier molecular flexibility index (Phi) is 6.91. The lowest BCUT2D eigenvalue weighted by molar-refractivity contribution is -0.125. The molecular weight excluding hydrogens is 556 g/mol. The number of aromatic carboxylic acids is 1. The van der Waals surface area contributed by atoms with Crippen molar-refractivity contribution >= 4 is 45.4 Å². The largest absolute Gasteiger partial charge is 0.475 e. The minimum Gasteiger partial charge on any atom is -0.475 e. The number of carboxylic acid groups (broad SMARTS) is 1. The van der Waals surface area contributed by atoms with Crippen LogP contribution in [-0.4, -0.2) is 47.8 Å². The number of imidazole rings is 1. The summed E-state index contributed by atoms with van der Waals surface area (Å²) in [6.07, 6.45) is 7.80. The fourth-order valence-corrected chi connectivity index (χ4v) is 6.72. The van der Waals surface area contributed by atoms with Crippen LogP contribution >= 0.6 is 0 Å². The summed E-state index contributed by atoms with van der Waals surface area (Å²) in [7, 11) is 1.62. The number of anilines is 1. The molecule has 3 N–H and O–H groups in total. The molecule has 224 valence electrons. The number of para-hydroxylation sites is 1. The first kappa shape index (κ1) is 27.8. The maximum Gasteiger partial charge on any atom is 0.372 e. The van der Waals surface area contributed by atoms with Gasteiger partial charge in [-0.3, -0.25) is 9.59 Å². The average molecular weight is 591 g/mol. The number of fused-ring (bicyclic) bond motifs is 2. The molecule has 0 saturated heterocycles. The second-order valence-electron chi connectivity index (χ2n) is 12.0. The first-order valence-corrected chi connectivity index (χ1v) is 15.2. The second kappa shape index (κ2) is 10.9. The van der Waals surface area contributed by atoms with Crippen molar-refractivity contribution in [2.45, 2.75) is 62.8 Å². The lowest BCUT2D eigenvalue weighted by atomic mass is 9.75. The summed E-state index contributed by atoms with van der Waals surface area (Å²) in [5.74, 6) is -1.41. The van der Waals surface area contributed by atoms with Crippen molar-refractivity contribution in [3.63, 3.8) is 0 Å². The minimum absolute atomic E-state index is 0.0809. The van der Waals surface area contributed by atoms with Crippen LogP contribution < -0.4 is 10.6 Å². The highest BCUT2D eigenvalue weighted by molar-refractivity contribution is 6.06. The highest BCUT2D eigenvalue weighted by atomic mass is 16.4. The first-order chi connectivity index (χ1) is 21.3. The molecule has 0 atom stereocenters. The maximum absolute atomic E-state index is 13.6. The van der Waals surface area contributed by atoms with E-state index in [4.69, 9.17) is 5.10 Å². The van der Waals surface area contributed by atoms with Gasteiger partial charge in [0.2, 0.25) is 11.7 Å². The van der Waals surface area contributed by atoms with E-state index in [1.807, 2.05) is 41.1 Å². The highest BCUT2D eigenvalue weighted by Crippen LogP contribution is 2.38. The molecule has 3 aromatic carbocycles. The van der Waals surface area contributed by atoms with E-state index in [0.717, 1.165) is 35.9 Å². The Morgan fingerprint density at radius 1 is 0.909 bits per heavy atom. The summed E-state index contributed by atoms with van der Waals surface area (Å²) in [5, 5.41) is 21.4. The zero-order valence-electron chi connectivity index (χ0n) is 24.5. The molecule has 0 spiro atoms. The van der Waals surface area contributed by atoms with Gasteiger partial charge in [-0.25, -0.2) is 14.5 Å². The number of nitrogens with one attached hydrogen (secondary N) is 2. The van der Waals surface area contributed by atoms with Gasteiger partial charge in [0.05, 0.1) is 27.9 Å². The number of nitrogens with zero attached hydrogens (tertiary/aromatic N) is 4. The zero-order valence-corrected chi connectivity index (χ0v) is 24.5. The van der Waals surface area contributed by atoms with Crippen molar-refractivity contribution in [1.29, 1.82) is 0 Å². The normalized spacial score (nSPS) is 16.5. The molecule has 0 bridgehead atoms. The van der Waals surface area contributed by atoms with Gasteiger partial charge in [-0.05, 0) is 74.6 Å². The number of amides is 2. The first-order valence-electron chi connectivity index (χ1n) is 15.2. The van der Waals surface area contributed by atoms with Crippen LogP contribution in [0, 0.1) is 0 Å². The number of carbonyl (C=O) groups is 3. The highest BCUT2D eigenvalue weighted by Gasteiger charge is 2.45. The molecule has 0 aliphatic heterocycles. The fraction of sp³-hybridized carbons (Fsp3) is 0.324. The molecule has 2 amide bonds. The maximum atomic E-state index is 13.6. The Bertz CT molecular complexity index is 1910. The number of benzene rings is 3. The monoisotopic (exact) mass is 590 g/mol. The number of carboxylic acids is 1. The Hall–Kier alpha value is -4.99. The van der Waals surface area contributed by atoms with Crippen molar-refractivity contribution in [3.8, 4) is 5.69 Å². The quantitative estimate of drug-likeness (QED) is 0.215. The molecule has 7 rings (SSSR count). The number of hydrogen-bond acceptors (Lipinski definition) is 5. The third kappa shape index (κ3) is 4.80. The van der Waals surface area contributed by atoms with Crippen LogP contribution in [0.3, 0.4) is 0 Å². The SMILES string of the molecule is Cn1c(C(=O)O)nc2ccc(NC(=O)C3(NC(=O)c4ccc5c(C6CCCCC6)n(-c6ccccc6)nc5c4)CCC3)cc21. The Balaban J connectivity index is 1.15. The smallest absolute Gasteiger partial charge is 0.372 e. The van der Waals surface area contributed by atoms with Crippen LogP contribution in [-0.2, 0) is 11.8 Å². The lowest BCUT2D eigenvalue weighted by Crippen LogP contribution is -2.61. The Morgan fingerprint density at radius 2 is 1.68 bits per heavy atom. The third-order valence-corrected chi connectivity index (χ3v) is 9.29. The molecule has 10 heteroatoms. The number of aryl methyl sites for hydroxylation is 1. The number of carbonyl (C=O) groups excluding carboxylic acids is 2. The molecule has 2 fully saturated rings. The Labute approximate surface area is 254 Å². The van der Waals surface area contributed by atoms with Crippen molar-refractivity contribution in [2.24, 2.45) is 7.05 Å². The molecule has 0 radical (unpaired) electrons. The van der Waals surface area contributed by atoms with E-state index >= 15 is 0 Å². The van der Waals surface area contributed by atoms with Crippen molar-refractivity contribution in [3.05, 3.63) is 83.8 Å². The molecular formula is C34H34N6O4. The predicted molar refractivity (Wildman–Crippen MR) is 167 cm³/mol. The van der Waals surface area contributed by atoms with Crippen LogP contribution in [0.4, 0.5) is 5.69 Å². The van der Waals surface area contributed by atoms with E-state index in [-0.39, 0.29) is 17.6 Å². The van der Waals surface area contributed by atoms with Gasteiger partial charge in [-0.2, -0.15) is 5.10 Å². The van der Waals surface area contributed by atoms with E-state index in [9.17, 15) is 19.5 Å². The third-order valence-electron chi connectivity index (χ3n) is 9.29. The van der Waals surface area contributed by atoms with Crippen LogP contribution in [0.1, 0.15) is 84.0 Å². The van der Waals surface area contributed by atoms with E-state index in [1.165, 1.54) is 29.5 Å². The number of hydrogen-bond donors (Lipinski definition) is 3. The number of aromatic nitrogens is 4. The predicted octanol–water partition coefficient (Wildman–Crippen LogP) is 5.95. The zero-order chi connectivity index (χ0) is 30.4. The fourth-order valence-electron chi connectivity index (χ4n) is 6.72. The van der Waals surface area contributed by atoms with Gasteiger partial charge in [0.1, 0.15) is 5.54 Å². The van der Waals surface area contributed by atoms with Crippen LogP contribution in [0.25, 0.3) is 27.6 Å². The summed E-state index contributed by atoms with van der Waals surface area (Å²) in [6.45, 7) is 0. The summed E-state index contributed by atoms with van der Waals surface area (Å²) >= 11 is 0. The molecule has 2 aliphatic carbocycles. The molecule has 2 aliphatic rings. The van der Waals surface area contributed by atoms with E-state index in [1.54, 1.807) is 25.2 Å². The molecule has 10 nitrogen and oxygen atoms in total. The molecule has 0 unspecified atom stereocenters. The van der Waals surface area contributed by atoms with Gasteiger partial charge in [0.25, 0.3) is 5.91 Å². The lowest BCUT2D eigenvalue weighted by Gasteiger charge is -2.40. The molecule has 44 heavy (non-hydrogen) atoms. The van der Waals surface area contributed by atoms with Crippen molar-refractivity contribution in [1.82, 2.24) is 24.6 Å². The van der Waals surface area contributed by atoms with Gasteiger partial charge in [-0.1, -0.05) is 43.5 Å². The molecule has 2 aromatic heterocycles. The van der Waals surface area contributed by atoms with Crippen molar-refractivity contribution in [2.75, 3.05) is 5.32 Å². The average Bonchev–Trinajstić information content (AvgIpc) is 3.57. The summed E-state index contributed by atoms with van der Waals surface area (Å²) in [6, 6.07) is 20.9. The molecule has 2 heterocycles. The topological polar surface area (TPSA) is 131 Å². The van der Waals surface area contributed by atoms with Gasteiger partial charge in [-0.15, -0.1) is 0 Å². The van der Waals surface area contributed by atoms with Crippen LogP contribution in [0.5, 0.6) is 0 Å². The van der Waals surface area contributed by atoms with E-state index in [2.05, 4.69) is 27.8 Å². The van der Waals surface area contributed by atoms with Gasteiger partial charge >= 0.3 is 5.97 Å². The molecule has 2 saturated carbocycles. The van der Waals surface area contributed by atoms with Crippen LogP contribution in [0.15, 0.2) is 66.7 Å².